The van der Waals surface area contributed by atoms with Crippen molar-refractivity contribution in [3.05, 3.63) is 0 Å². The zero-order chi connectivity index (χ0) is 9.80. The van der Waals surface area contributed by atoms with Gasteiger partial charge in [0.05, 0.1) is 6.67 Å². The predicted octanol–water partition coefficient (Wildman–Crippen LogP) is 4.34. The topological polar surface area (TPSA) is 0 Å². The first-order valence-corrected chi connectivity index (χ1v) is 6.46. The first-order valence-electron chi connectivity index (χ1n) is 6.46. The van der Waals surface area contributed by atoms with Crippen molar-refractivity contribution in [2.75, 3.05) is 6.67 Å². The molecule has 0 saturated heterocycles. The van der Waals surface area contributed by atoms with Crippen molar-refractivity contribution in [1.29, 1.82) is 0 Å². The highest BCUT2D eigenvalue weighted by atomic mass is 19.1. The molecule has 0 aromatic carbocycles. The SMILES string of the molecule is FCC1CCC(C2CCCCC2)CC1. The molecule has 14 heavy (non-hydrogen) atoms. The molecule has 2 rings (SSSR count). The maximum atomic E-state index is 12.4. The van der Waals surface area contributed by atoms with Gasteiger partial charge in [-0.2, -0.15) is 0 Å². The zero-order valence-corrected chi connectivity index (χ0v) is 9.18. The number of hydrogen-bond acceptors (Lipinski definition) is 0. The van der Waals surface area contributed by atoms with Crippen molar-refractivity contribution in [3.8, 4) is 0 Å². The minimum absolute atomic E-state index is 0.0720. The van der Waals surface area contributed by atoms with Gasteiger partial charge in [0.25, 0.3) is 0 Å². The maximum absolute atomic E-state index is 12.4. The van der Waals surface area contributed by atoms with E-state index < -0.39 is 0 Å². The van der Waals surface area contributed by atoms with Crippen LogP contribution in [0.2, 0.25) is 0 Å². The van der Waals surface area contributed by atoms with Crippen LogP contribution in [0.5, 0.6) is 0 Å². The first-order chi connectivity index (χ1) is 6.90. The van der Waals surface area contributed by atoms with Gasteiger partial charge in [-0.1, -0.05) is 32.1 Å². The molecular formula is C13H23F. The zero-order valence-electron chi connectivity index (χ0n) is 9.18. The summed E-state index contributed by atoms with van der Waals surface area (Å²) in [5.74, 6) is 2.37. The van der Waals surface area contributed by atoms with Crippen molar-refractivity contribution in [2.24, 2.45) is 17.8 Å². The normalized spacial score (nSPS) is 35.8. The second kappa shape index (κ2) is 5.14. The van der Waals surface area contributed by atoms with E-state index in [1.807, 2.05) is 0 Å². The molecule has 0 bridgehead atoms. The summed E-state index contributed by atoms with van der Waals surface area (Å²) in [7, 11) is 0. The van der Waals surface area contributed by atoms with Gasteiger partial charge < -0.3 is 0 Å². The summed E-state index contributed by atoms with van der Waals surface area (Å²) in [4.78, 5) is 0. The van der Waals surface area contributed by atoms with Crippen molar-refractivity contribution in [3.63, 3.8) is 0 Å². The number of halogens is 1. The van der Waals surface area contributed by atoms with E-state index in [1.54, 1.807) is 0 Å². The Bertz CT molecular complexity index is 153. The van der Waals surface area contributed by atoms with Gasteiger partial charge in [0.2, 0.25) is 0 Å². The fourth-order valence-electron chi connectivity index (χ4n) is 3.42. The average Bonchev–Trinajstić information content (AvgIpc) is 2.30. The Hall–Kier alpha value is -0.0700. The van der Waals surface area contributed by atoms with Crippen LogP contribution in [0.3, 0.4) is 0 Å². The summed E-state index contributed by atoms with van der Waals surface area (Å²) in [6.45, 7) is -0.0720. The molecule has 0 aromatic heterocycles. The van der Waals surface area contributed by atoms with Gasteiger partial charge in [0.1, 0.15) is 0 Å². The molecule has 0 nitrogen and oxygen atoms in total. The van der Waals surface area contributed by atoms with Gasteiger partial charge in [-0.25, -0.2) is 0 Å². The second-order valence-corrected chi connectivity index (χ2v) is 5.33. The van der Waals surface area contributed by atoms with Crippen LogP contribution in [0.25, 0.3) is 0 Å². The van der Waals surface area contributed by atoms with Crippen LogP contribution >= 0.6 is 0 Å². The van der Waals surface area contributed by atoms with E-state index in [2.05, 4.69) is 0 Å². The standard InChI is InChI=1S/C13H23F/c14-10-11-6-8-13(9-7-11)12-4-2-1-3-5-12/h11-13H,1-10H2. The lowest BCUT2D eigenvalue weighted by Gasteiger charge is -2.35. The van der Waals surface area contributed by atoms with Gasteiger partial charge in [0.15, 0.2) is 0 Å². The van der Waals surface area contributed by atoms with E-state index in [4.69, 9.17) is 0 Å². The van der Waals surface area contributed by atoms with Crippen molar-refractivity contribution >= 4 is 0 Å². The molecule has 2 aliphatic carbocycles. The summed E-state index contributed by atoms with van der Waals surface area (Å²) in [6.07, 6.45) is 12.3. The predicted molar refractivity (Wildman–Crippen MR) is 58.0 cm³/mol. The van der Waals surface area contributed by atoms with Crippen LogP contribution in [0.15, 0.2) is 0 Å². The first kappa shape index (κ1) is 10.4. The monoisotopic (exact) mass is 198 g/mol. The maximum Gasteiger partial charge on any atom is 0.0922 e. The largest absolute Gasteiger partial charge is 0.251 e. The summed E-state index contributed by atoms with van der Waals surface area (Å²) in [6, 6.07) is 0. The Labute approximate surface area is 87.3 Å². The van der Waals surface area contributed by atoms with Gasteiger partial charge in [-0.15, -0.1) is 0 Å². The molecule has 2 saturated carbocycles. The molecule has 0 aromatic rings. The van der Waals surface area contributed by atoms with Crippen LogP contribution in [0.1, 0.15) is 57.8 Å². The van der Waals surface area contributed by atoms with Crippen LogP contribution < -0.4 is 0 Å². The van der Waals surface area contributed by atoms with E-state index >= 15 is 0 Å². The molecule has 0 spiro atoms. The minimum Gasteiger partial charge on any atom is -0.251 e. The fraction of sp³-hybridized carbons (Fsp3) is 1.00. The van der Waals surface area contributed by atoms with Crippen LogP contribution in [0, 0.1) is 17.8 Å². The summed E-state index contributed by atoms with van der Waals surface area (Å²) < 4.78 is 12.4. The molecule has 0 unspecified atom stereocenters. The van der Waals surface area contributed by atoms with Crippen LogP contribution in [-0.2, 0) is 0 Å². The van der Waals surface area contributed by atoms with Crippen molar-refractivity contribution in [1.82, 2.24) is 0 Å². The third-order valence-electron chi connectivity index (χ3n) is 4.43. The number of alkyl halides is 1. The second-order valence-electron chi connectivity index (χ2n) is 5.33. The van der Waals surface area contributed by atoms with Gasteiger partial charge in [-0.05, 0) is 43.4 Å². The van der Waals surface area contributed by atoms with Gasteiger partial charge in [-0.3, -0.25) is 4.39 Å². The lowest BCUT2D eigenvalue weighted by atomic mass is 9.71. The van der Waals surface area contributed by atoms with E-state index in [0.717, 1.165) is 24.7 Å². The molecule has 0 heterocycles. The number of rotatable bonds is 2. The molecule has 2 aliphatic rings. The molecular weight excluding hydrogens is 175 g/mol. The third kappa shape index (κ3) is 2.49. The van der Waals surface area contributed by atoms with E-state index in [-0.39, 0.29) is 6.67 Å². The highest BCUT2D eigenvalue weighted by molar-refractivity contribution is 4.79. The van der Waals surface area contributed by atoms with Crippen molar-refractivity contribution in [2.45, 2.75) is 57.8 Å². The van der Waals surface area contributed by atoms with Gasteiger partial charge in [0, 0.05) is 0 Å². The highest BCUT2D eigenvalue weighted by Crippen LogP contribution is 2.39. The lowest BCUT2D eigenvalue weighted by molar-refractivity contribution is 0.154. The molecule has 1 heteroatoms. The quantitative estimate of drug-likeness (QED) is 0.619. The Morgan fingerprint density at radius 2 is 1.29 bits per heavy atom. The van der Waals surface area contributed by atoms with E-state index in [0.29, 0.717) is 5.92 Å². The lowest BCUT2D eigenvalue weighted by Crippen LogP contribution is -2.24. The summed E-state index contributed by atoms with van der Waals surface area (Å²) in [5, 5.41) is 0. The molecule has 0 radical (unpaired) electrons. The molecule has 0 atom stereocenters. The molecule has 2 fully saturated rings. The summed E-state index contributed by atoms with van der Waals surface area (Å²) >= 11 is 0. The van der Waals surface area contributed by atoms with Gasteiger partial charge >= 0.3 is 0 Å². The van der Waals surface area contributed by atoms with E-state index in [1.165, 1.54) is 44.9 Å². The molecule has 0 N–H and O–H groups in total. The fourth-order valence-corrected chi connectivity index (χ4v) is 3.42. The van der Waals surface area contributed by atoms with Crippen LogP contribution in [0.4, 0.5) is 4.39 Å². The third-order valence-corrected chi connectivity index (χ3v) is 4.43. The highest BCUT2D eigenvalue weighted by Gasteiger charge is 2.28. The minimum atomic E-state index is -0.0720. The smallest absolute Gasteiger partial charge is 0.0922 e. The van der Waals surface area contributed by atoms with Crippen molar-refractivity contribution < 1.29 is 4.39 Å². The molecule has 0 amide bonds. The molecule has 82 valence electrons. The Kier molecular flexibility index (Phi) is 3.83. The molecule has 0 aliphatic heterocycles. The Morgan fingerprint density at radius 3 is 1.86 bits per heavy atom. The van der Waals surface area contributed by atoms with E-state index in [9.17, 15) is 4.39 Å². The summed E-state index contributed by atoms with van der Waals surface area (Å²) in [5.41, 5.74) is 0. The Balaban J connectivity index is 1.76. The van der Waals surface area contributed by atoms with Crippen LogP contribution in [-0.4, -0.2) is 6.67 Å². The average molecular weight is 198 g/mol. The number of hydrogen-bond donors (Lipinski definition) is 0. The Morgan fingerprint density at radius 1 is 0.714 bits per heavy atom.